The first kappa shape index (κ1) is 21.7. The second-order valence-electron chi connectivity index (χ2n) is 6.93. The third kappa shape index (κ3) is 4.28. The van der Waals surface area contributed by atoms with Crippen molar-refractivity contribution in [3.63, 3.8) is 0 Å². The maximum Gasteiger partial charge on any atom is 0.267 e. The number of nitrogens with one attached hydrogen (secondary N) is 1. The maximum atomic E-state index is 12.9. The SMILES string of the molecule is CSc1cccc(NC(=O)CSc2ncc3c(n2)-c2cc(C)ccc2N(C)S3(=O)=O)c1. The first-order valence-electron chi connectivity index (χ1n) is 9.33. The number of hydrogen-bond donors (Lipinski definition) is 1. The fourth-order valence-electron chi connectivity index (χ4n) is 3.23. The molecule has 10 heteroatoms. The lowest BCUT2D eigenvalue weighted by atomic mass is 10.1. The Kier molecular flexibility index (Phi) is 5.96. The van der Waals surface area contributed by atoms with Crippen molar-refractivity contribution in [2.24, 2.45) is 0 Å². The zero-order valence-electron chi connectivity index (χ0n) is 17.1. The van der Waals surface area contributed by atoms with Gasteiger partial charge in [-0.3, -0.25) is 9.10 Å². The summed E-state index contributed by atoms with van der Waals surface area (Å²) in [5, 5.41) is 3.21. The zero-order chi connectivity index (χ0) is 22.2. The molecule has 0 atom stereocenters. The molecule has 160 valence electrons. The van der Waals surface area contributed by atoms with Gasteiger partial charge in [-0.2, -0.15) is 0 Å². The molecular weight excluding hydrogens is 452 g/mol. The molecule has 0 aliphatic carbocycles. The molecule has 7 nitrogen and oxygen atoms in total. The van der Waals surface area contributed by atoms with Crippen LogP contribution < -0.4 is 9.62 Å². The van der Waals surface area contributed by atoms with Gasteiger partial charge in [0.15, 0.2) is 5.16 Å². The first-order chi connectivity index (χ1) is 14.8. The highest BCUT2D eigenvalue weighted by molar-refractivity contribution is 7.99. The molecule has 0 bridgehead atoms. The lowest BCUT2D eigenvalue weighted by Gasteiger charge is -2.28. The lowest BCUT2D eigenvalue weighted by Crippen LogP contribution is -2.31. The van der Waals surface area contributed by atoms with E-state index in [4.69, 9.17) is 0 Å². The van der Waals surface area contributed by atoms with Crippen molar-refractivity contribution in [3.8, 4) is 11.3 Å². The van der Waals surface area contributed by atoms with Gasteiger partial charge in [-0.15, -0.1) is 11.8 Å². The average molecular weight is 473 g/mol. The number of rotatable bonds is 5. The van der Waals surface area contributed by atoms with Crippen molar-refractivity contribution >= 4 is 50.8 Å². The Hall–Kier alpha value is -2.56. The number of hydrogen-bond acceptors (Lipinski definition) is 7. The molecule has 3 aromatic rings. The van der Waals surface area contributed by atoms with Crippen LogP contribution in [-0.4, -0.2) is 43.3 Å². The largest absolute Gasteiger partial charge is 0.325 e. The number of carbonyl (C=O) groups is 1. The highest BCUT2D eigenvalue weighted by atomic mass is 32.2. The molecule has 0 spiro atoms. The average Bonchev–Trinajstić information content (AvgIpc) is 2.76. The second kappa shape index (κ2) is 8.52. The Morgan fingerprint density at radius 1 is 1.19 bits per heavy atom. The molecule has 1 amide bonds. The summed E-state index contributed by atoms with van der Waals surface area (Å²) in [5.41, 5.74) is 3.39. The molecule has 1 N–H and O–H groups in total. The van der Waals surface area contributed by atoms with E-state index >= 15 is 0 Å². The predicted octanol–water partition coefficient (Wildman–Crippen LogP) is 4.04. The number of carbonyl (C=O) groups excluding carboxylic acids is 1. The number of fused-ring (bicyclic) bond motifs is 3. The van der Waals surface area contributed by atoms with Crippen molar-refractivity contribution in [3.05, 3.63) is 54.2 Å². The van der Waals surface area contributed by atoms with Crippen LogP contribution in [0.4, 0.5) is 11.4 Å². The van der Waals surface area contributed by atoms with Crippen molar-refractivity contribution in [2.75, 3.05) is 28.7 Å². The van der Waals surface area contributed by atoms with E-state index in [0.29, 0.717) is 16.5 Å². The lowest BCUT2D eigenvalue weighted by molar-refractivity contribution is -0.113. The van der Waals surface area contributed by atoms with Crippen LogP contribution in [-0.2, 0) is 14.8 Å². The topological polar surface area (TPSA) is 92.3 Å². The number of benzene rings is 2. The van der Waals surface area contributed by atoms with E-state index in [1.807, 2.05) is 49.6 Å². The molecular formula is C21H20N4O3S3. The van der Waals surface area contributed by atoms with E-state index in [1.54, 1.807) is 17.8 Å². The molecule has 1 aromatic heterocycles. The van der Waals surface area contributed by atoms with Gasteiger partial charge in [-0.1, -0.05) is 29.5 Å². The van der Waals surface area contributed by atoms with Crippen LogP contribution in [0.3, 0.4) is 0 Å². The van der Waals surface area contributed by atoms with Crippen LogP contribution >= 0.6 is 23.5 Å². The van der Waals surface area contributed by atoms with E-state index in [9.17, 15) is 13.2 Å². The molecule has 0 saturated heterocycles. The van der Waals surface area contributed by atoms with Crippen LogP contribution in [0.1, 0.15) is 5.56 Å². The Bertz CT molecular complexity index is 1280. The number of aryl methyl sites for hydroxylation is 1. The molecule has 1 aliphatic rings. The zero-order valence-corrected chi connectivity index (χ0v) is 19.6. The van der Waals surface area contributed by atoms with Gasteiger partial charge < -0.3 is 5.32 Å². The molecule has 2 heterocycles. The maximum absolute atomic E-state index is 12.9. The highest BCUT2D eigenvalue weighted by Crippen LogP contribution is 2.41. The van der Waals surface area contributed by atoms with Crippen LogP contribution in [0.2, 0.25) is 0 Å². The van der Waals surface area contributed by atoms with Crippen molar-refractivity contribution in [2.45, 2.75) is 21.9 Å². The fraction of sp³-hybridized carbons (Fsp3) is 0.190. The van der Waals surface area contributed by atoms with Gasteiger partial charge in [0, 0.05) is 23.2 Å². The van der Waals surface area contributed by atoms with Gasteiger partial charge in [-0.05, 0) is 43.5 Å². The summed E-state index contributed by atoms with van der Waals surface area (Å²) in [7, 11) is -2.21. The van der Waals surface area contributed by atoms with Crippen LogP contribution in [0.5, 0.6) is 0 Å². The van der Waals surface area contributed by atoms with Gasteiger partial charge in [0.2, 0.25) is 5.91 Å². The van der Waals surface area contributed by atoms with Crippen LogP contribution in [0.15, 0.2) is 63.6 Å². The van der Waals surface area contributed by atoms with Gasteiger partial charge in [0.25, 0.3) is 10.0 Å². The minimum atomic E-state index is -3.72. The third-order valence-corrected chi connectivity index (χ3v) is 8.16. The molecule has 31 heavy (non-hydrogen) atoms. The van der Waals surface area contributed by atoms with Gasteiger partial charge in [-0.25, -0.2) is 18.4 Å². The van der Waals surface area contributed by atoms with Crippen molar-refractivity contribution < 1.29 is 13.2 Å². The molecule has 0 radical (unpaired) electrons. The first-order valence-corrected chi connectivity index (χ1v) is 13.0. The minimum Gasteiger partial charge on any atom is -0.325 e. The van der Waals surface area contributed by atoms with E-state index < -0.39 is 10.0 Å². The summed E-state index contributed by atoms with van der Waals surface area (Å²) < 4.78 is 27.0. The van der Waals surface area contributed by atoms with E-state index in [0.717, 1.165) is 33.5 Å². The smallest absolute Gasteiger partial charge is 0.267 e. The molecule has 0 unspecified atom stereocenters. The Balaban J connectivity index is 1.57. The van der Waals surface area contributed by atoms with Gasteiger partial charge in [0.05, 0.1) is 23.3 Å². The number of aromatic nitrogens is 2. The van der Waals surface area contributed by atoms with Crippen LogP contribution in [0.25, 0.3) is 11.3 Å². The minimum absolute atomic E-state index is 0.0655. The summed E-state index contributed by atoms with van der Waals surface area (Å²) in [6.45, 7) is 1.94. The highest BCUT2D eigenvalue weighted by Gasteiger charge is 2.34. The Morgan fingerprint density at radius 2 is 2.00 bits per heavy atom. The molecule has 4 rings (SSSR count). The fourth-order valence-corrected chi connectivity index (χ4v) is 5.60. The number of thioether (sulfide) groups is 2. The predicted molar refractivity (Wildman–Crippen MR) is 125 cm³/mol. The number of sulfonamides is 1. The Labute approximate surface area is 189 Å². The monoisotopic (exact) mass is 472 g/mol. The standard InChI is InChI=1S/C21H20N4O3S3/c1-13-7-8-17-16(9-13)20-18(31(27,28)25(17)2)11-22-21(24-20)30-12-19(26)23-14-5-4-6-15(10-14)29-3/h4-11H,12H2,1-3H3,(H,23,26). The van der Waals surface area contributed by atoms with Crippen LogP contribution in [0, 0.1) is 6.92 Å². The quantitative estimate of drug-likeness (QED) is 0.442. The number of amides is 1. The number of anilines is 2. The molecule has 1 aliphatic heterocycles. The summed E-state index contributed by atoms with van der Waals surface area (Å²) >= 11 is 2.76. The normalized spacial score (nSPS) is 14.0. The second-order valence-corrected chi connectivity index (χ2v) is 10.7. The third-order valence-electron chi connectivity index (χ3n) is 4.80. The van der Waals surface area contributed by atoms with Crippen molar-refractivity contribution in [1.29, 1.82) is 0 Å². The van der Waals surface area contributed by atoms with E-state index in [2.05, 4.69) is 15.3 Å². The summed E-state index contributed by atoms with van der Waals surface area (Å²) in [4.78, 5) is 22.2. The van der Waals surface area contributed by atoms with Gasteiger partial charge >= 0.3 is 0 Å². The van der Waals surface area contributed by atoms with Crippen molar-refractivity contribution in [1.82, 2.24) is 9.97 Å². The summed E-state index contributed by atoms with van der Waals surface area (Å²) in [6, 6.07) is 13.1. The molecule has 0 fully saturated rings. The van der Waals surface area contributed by atoms with E-state index in [1.165, 1.54) is 17.5 Å². The van der Waals surface area contributed by atoms with Gasteiger partial charge in [0.1, 0.15) is 4.90 Å². The summed E-state index contributed by atoms with van der Waals surface area (Å²) in [6.07, 6.45) is 3.30. The molecule has 2 aromatic carbocycles. The summed E-state index contributed by atoms with van der Waals surface area (Å²) in [5.74, 6) is -0.0801. The van der Waals surface area contributed by atoms with E-state index in [-0.39, 0.29) is 16.6 Å². The molecule has 0 saturated carbocycles. The number of nitrogens with zero attached hydrogens (tertiary/aromatic N) is 3. The Morgan fingerprint density at radius 3 is 2.77 bits per heavy atom.